The van der Waals surface area contributed by atoms with Crippen LogP contribution in [0.4, 0.5) is 5.13 Å². The number of nitrogens with one attached hydrogen (secondary N) is 1. The Balaban J connectivity index is 1.60. The summed E-state index contributed by atoms with van der Waals surface area (Å²) < 4.78 is 6.11. The molecule has 4 aromatic rings. The average Bonchev–Trinajstić information content (AvgIpc) is 3.04. The number of fused-ring (bicyclic) bond motifs is 2. The van der Waals surface area contributed by atoms with Crippen molar-refractivity contribution in [2.75, 3.05) is 5.32 Å². The normalized spacial score (nSPS) is 11.4. The number of anilines is 1. The SMILES string of the molecule is O=C(/C=C/Nc1nc2ccccc2s1)c1c(O)c2ccccc2oc1=O. The number of aromatic nitrogens is 1. The lowest BCUT2D eigenvalue weighted by Crippen LogP contribution is -2.13. The van der Waals surface area contributed by atoms with Gasteiger partial charge in [-0.25, -0.2) is 9.78 Å². The number of aromatic hydroxyl groups is 1. The zero-order chi connectivity index (χ0) is 18.1. The van der Waals surface area contributed by atoms with Crippen molar-refractivity contribution in [3.63, 3.8) is 0 Å². The highest BCUT2D eigenvalue weighted by Gasteiger charge is 2.18. The molecular weight excluding hydrogens is 352 g/mol. The molecule has 0 saturated heterocycles. The highest BCUT2D eigenvalue weighted by molar-refractivity contribution is 7.22. The number of thiazole rings is 1. The number of hydrogen-bond donors (Lipinski definition) is 2. The Bertz CT molecular complexity index is 1190. The fourth-order valence-corrected chi connectivity index (χ4v) is 3.40. The van der Waals surface area contributed by atoms with Crippen LogP contribution in [0.3, 0.4) is 0 Å². The first-order chi connectivity index (χ1) is 12.6. The second kappa shape index (κ2) is 6.45. The molecule has 0 bridgehead atoms. The van der Waals surface area contributed by atoms with Crippen LogP contribution < -0.4 is 10.9 Å². The van der Waals surface area contributed by atoms with Crippen LogP contribution in [-0.2, 0) is 0 Å². The van der Waals surface area contributed by atoms with Gasteiger partial charge in [0.25, 0.3) is 0 Å². The fraction of sp³-hybridized carbons (Fsp3) is 0. The molecule has 0 fully saturated rings. The highest BCUT2D eigenvalue weighted by Crippen LogP contribution is 2.27. The minimum absolute atomic E-state index is 0.225. The van der Waals surface area contributed by atoms with E-state index in [4.69, 9.17) is 4.42 Å². The number of rotatable bonds is 4. The Morgan fingerprint density at radius 2 is 1.92 bits per heavy atom. The van der Waals surface area contributed by atoms with Gasteiger partial charge in [0.05, 0.1) is 15.6 Å². The van der Waals surface area contributed by atoms with Crippen LogP contribution in [0.5, 0.6) is 5.75 Å². The van der Waals surface area contributed by atoms with Gasteiger partial charge < -0.3 is 14.8 Å². The lowest BCUT2D eigenvalue weighted by molar-refractivity contribution is 0.104. The third-order valence-corrected chi connectivity index (χ3v) is 4.74. The Labute approximate surface area is 151 Å². The van der Waals surface area contributed by atoms with Gasteiger partial charge in [-0.15, -0.1) is 0 Å². The monoisotopic (exact) mass is 364 g/mol. The number of nitrogens with zero attached hydrogens (tertiary/aromatic N) is 1. The van der Waals surface area contributed by atoms with Gasteiger partial charge in [0.15, 0.2) is 10.9 Å². The van der Waals surface area contributed by atoms with Crippen molar-refractivity contribution < 1.29 is 14.3 Å². The molecule has 2 heterocycles. The van der Waals surface area contributed by atoms with Gasteiger partial charge in [-0.1, -0.05) is 35.6 Å². The van der Waals surface area contributed by atoms with E-state index in [0.717, 1.165) is 16.3 Å². The van der Waals surface area contributed by atoms with E-state index in [0.29, 0.717) is 10.5 Å². The van der Waals surface area contributed by atoms with Gasteiger partial charge in [-0.05, 0) is 24.3 Å². The molecule has 2 N–H and O–H groups in total. The van der Waals surface area contributed by atoms with Gasteiger partial charge in [-0.2, -0.15) is 0 Å². The van der Waals surface area contributed by atoms with E-state index in [-0.39, 0.29) is 11.3 Å². The van der Waals surface area contributed by atoms with Crippen LogP contribution in [0, 0.1) is 0 Å². The zero-order valence-electron chi connectivity index (χ0n) is 13.3. The van der Waals surface area contributed by atoms with E-state index >= 15 is 0 Å². The van der Waals surface area contributed by atoms with Gasteiger partial charge in [-0.3, -0.25) is 4.79 Å². The molecule has 0 saturated carbocycles. The second-order valence-electron chi connectivity index (χ2n) is 5.44. The molecule has 4 rings (SSSR count). The quantitative estimate of drug-likeness (QED) is 0.324. The maximum Gasteiger partial charge on any atom is 0.351 e. The zero-order valence-corrected chi connectivity index (χ0v) is 14.1. The molecule has 0 aliphatic rings. The van der Waals surface area contributed by atoms with Crippen LogP contribution in [0.15, 0.2) is 70.0 Å². The van der Waals surface area contributed by atoms with E-state index in [9.17, 15) is 14.7 Å². The Morgan fingerprint density at radius 1 is 1.15 bits per heavy atom. The molecular formula is C19H12N2O4S. The van der Waals surface area contributed by atoms with Gasteiger partial charge >= 0.3 is 5.63 Å². The van der Waals surface area contributed by atoms with Crippen LogP contribution in [-0.4, -0.2) is 15.9 Å². The predicted octanol–water partition coefficient (Wildman–Crippen LogP) is 3.92. The summed E-state index contributed by atoms with van der Waals surface area (Å²) >= 11 is 1.44. The summed E-state index contributed by atoms with van der Waals surface area (Å²) in [5.74, 6) is -1.04. The summed E-state index contributed by atoms with van der Waals surface area (Å²) in [5, 5.41) is 14.1. The summed E-state index contributed by atoms with van der Waals surface area (Å²) in [7, 11) is 0. The first-order valence-corrected chi connectivity index (χ1v) is 8.53. The maximum atomic E-state index is 12.3. The minimum atomic E-state index is -0.879. The summed E-state index contributed by atoms with van der Waals surface area (Å²) in [4.78, 5) is 28.7. The molecule has 0 amide bonds. The molecule has 0 unspecified atom stereocenters. The van der Waals surface area contributed by atoms with Crippen molar-refractivity contribution in [2.45, 2.75) is 0 Å². The van der Waals surface area contributed by atoms with Crippen molar-refractivity contribution >= 4 is 43.4 Å². The lowest BCUT2D eigenvalue weighted by atomic mass is 10.1. The summed E-state index contributed by atoms with van der Waals surface area (Å²) in [6.07, 6.45) is 2.54. The molecule has 0 aliphatic carbocycles. The molecule has 128 valence electrons. The summed E-state index contributed by atoms with van der Waals surface area (Å²) in [6.45, 7) is 0. The Morgan fingerprint density at radius 3 is 2.77 bits per heavy atom. The predicted molar refractivity (Wildman–Crippen MR) is 101 cm³/mol. The number of carbonyl (C=O) groups is 1. The maximum absolute atomic E-state index is 12.3. The van der Waals surface area contributed by atoms with E-state index in [1.165, 1.54) is 17.5 Å². The van der Waals surface area contributed by atoms with Crippen molar-refractivity contribution in [3.05, 3.63) is 76.8 Å². The second-order valence-corrected chi connectivity index (χ2v) is 6.47. The summed E-state index contributed by atoms with van der Waals surface area (Å²) in [5.41, 5.74) is -0.197. The molecule has 26 heavy (non-hydrogen) atoms. The molecule has 0 spiro atoms. The molecule has 0 aliphatic heterocycles. The largest absolute Gasteiger partial charge is 0.506 e. The van der Waals surface area contributed by atoms with E-state index in [1.54, 1.807) is 24.3 Å². The lowest BCUT2D eigenvalue weighted by Gasteiger charge is -2.03. The number of benzene rings is 2. The Hall–Kier alpha value is -3.45. The van der Waals surface area contributed by atoms with Crippen LogP contribution in [0.25, 0.3) is 21.2 Å². The third kappa shape index (κ3) is 2.84. The van der Waals surface area contributed by atoms with Crippen molar-refractivity contribution in [2.24, 2.45) is 0 Å². The molecule has 0 atom stereocenters. The third-order valence-electron chi connectivity index (χ3n) is 3.77. The first-order valence-electron chi connectivity index (χ1n) is 7.71. The van der Waals surface area contributed by atoms with Gasteiger partial charge in [0.2, 0.25) is 0 Å². The molecule has 2 aromatic carbocycles. The average molecular weight is 364 g/mol. The smallest absolute Gasteiger partial charge is 0.351 e. The minimum Gasteiger partial charge on any atom is -0.506 e. The number of ketones is 1. The van der Waals surface area contributed by atoms with E-state index < -0.39 is 17.0 Å². The Kier molecular flexibility index (Phi) is 3.98. The molecule has 6 nitrogen and oxygen atoms in total. The highest BCUT2D eigenvalue weighted by atomic mass is 32.1. The van der Waals surface area contributed by atoms with Crippen molar-refractivity contribution in [1.29, 1.82) is 0 Å². The first kappa shape index (κ1) is 16.0. The number of carbonyl (C=O) groups excluding carboxylic acids is 1. The molecule has 7 heteroatoms. The topological polar surface area (TPSA) is 92.4 Å². The van der Waals surface area contributed by atoms with Crippen LogP contribution in [0.1, 0.15) is 10.4 Å². The van der Waals surface area contributed by atoms with Gasteiger partial charge in [0.1, 0.15) is 16.9 Å². The summed E-state index contributed by atoms with van der Waals surface area (Å²) in [6, 6.07) is 14.1. The number of para-hydroxylation sites is 2. The fourth-order valence-electron chi connectivity index (χ4n) is 2.56. The van der Waals surface area contributed by atoms with Crippen LogP contribution >= 0.6 is 11.3 Å². The standard InChI is InChI=1S/C19H12N2O4S/c22-13(9-10-20-19-21-12-6-2-4-8-15(12)26-19)16-17(23)11-5-1-3-7-14(11)25-18(16)24/h1-10,23H,(H,20,21)/b10-9+. The van der Waals surface area contributed by atoms with Crippen molar-refractivity contribution in [1.82, 2.24) is 4.98 Å². The van der Waals surface area contributed by atoms with Crippen molar-refractivity contribution in [3.8, 4) is 5.75 Å². The van der Waals surface area contributed by atoms with Crippen LogP contribution in [0.2, 0.25) is 0 Å². The molecule has 0 radical (unpaired) electrons. The van der Waals surface area contributed by atoms with Gasteiger partial charge in [0, 0.05) is 12.3 Å². The molecule has 2 aromatic heterocycles. The number of allylic oxidation sites excluding steroid dienone is 1. The van der Waals surface area contributed by atoms with E-state index in [1.807, 2.05) is 24.3 Å². The van der Waals surface area contributed by atoms with E-state index in [2.05, 4.69) is 10.3 Å². The number of hydrogen-bond acceptors (Lipinski definition) is 7.